The molecule has 0 spiro atoms. The van der Waals surface area contributed by atoms with Crippen LogP contribution in [-0.4, -0.2) is 39.6 Å². The molecule has 0 saturated carbocycles. The summed E-state index contributed by atoms with van der Waals surface area (Å²) in [5.74, 6) is -0.423. The van der Waals surface area contributed by atoms with Gasteiger partial charge in [0.2, 0.25) is 0 Å². The second kappa shape index (κ2) is 14.3. The Hall–Kier alpha value is -4.67. The molecule has 0 fully saturated rings. The average Bonchev–Trinajstić information content (AvgIpc) is 2.99. The number of nitrogens with one attached hydrogen (secondary N) is 2. The lowest BCUT2D eigenvalue weighted by Gasteiger charge is -2.24. The number of ether oxygens (including phenoxy) is 1. The van der Waals surface area contributed by atoms with Crippen molar-refractivity contribution in [1.82, 2.24) is 10.7 Å². The molecule has 9 nitrogen and oxygen atoms in total. The number of para-hydroxylation sites is 1. The van der Waals surface area contributed by atoms with E-state index in [-0.39, 0.29) is 28.1 Å². The van der Waals surface area contributed by atoms with Gasteiger partial charge < -0.3 is 10.1 Å². The lowest BCUT2D eigenvalue weighted by Crippen LogP contribution is -2.39. The number of rotatable bonds is 12. The van der Waals surface area contributed by atoms with Crippen LogP contribution >= 0.6 is 11.6 Å². The van der Waals surface area contributed by atoms with Crippen LogP contribution in [0.4, 0.5) is 5.69 Å². The van der Waals surface area contributed by atoms with Gasteiger partial charge in [-0.1, -0.05) is 71.8 Å². The van der Waals surface area contributed by atoms with E-state index in [4.69, 9.17) is 16.3 Å². The predicted molar refractivity (Wildman–Crippen MR) is 163 cm³/mol. The minimum absolute atomic E-state index is 0.0281. The van der Waals surface area contributed by atoms with Crippen LogP contribution in [0.15, 0.2) is 113 Å². The van der Waals surface area contributed by atoms with Crippen molar-refractivity contribution in [3.05, 3.63) is 125 Å². The summed E-state index contributed by atoms with van der Waals surface area (Å²) in [5.41, 5.74) is 5.07. The van der Waals surface area contributed by atoms with Gasteiger partial charge in [0.1, 0.15) is 12.3 Å². The zero-order chi connectivity index (χ0) is 30.0. The first-order valence-corrected chi connectivity index (χ1v) is 14.7. The number of carbonyl (C=O) groups is 2. The Labute approximate surface area is 249 Å². The van der Waals surface area contributed by atoms with E-state index in [0.717, 1.165) is 15.4 Å². The third kappa shape index (κ3) is 8.42. The van der Waals surface area contributed by atoms with Crippen molar-refractivity contribution >= 4 is 45.3 Å². The molecule has 0 saturated heterocycles. The molecule has 2 amide bonds. The van der Waals surface area contributed by atoms with E-state index in [2.05, 4.69) is 15.8 Å². The van der Waals surface area contributed by atoms with Gasteiger partial charge in [0.15, 0.2) is 6.61 Å². The maximum Gasteiger partial charge on any atom is 0.264 e. The molecule has 0 unspecified atom stereocenters. The first-order valence-electron chi connectivity index (χ1n) is 12.9. The summed E-state index contributed by atoms with van der Waals surface area (Å²) in [5, 5.41) is 6.92. The van der Waals surface area contributed by atoms with Gasteiger partial charge >= 0.3 is 0 Å². The SMILES string of the molecule is Cc1ccc(S(=O)(=O)N(CC(=O)N/N=C\c2ccc(OCC(=O)NCc3ccccc3)cc2)c2ccccc2Cl)cc1. The number of carbonyl (C=O) groups excluding carboxylic acids is 2. The van der Waals surface area contributed by atoms with Crippen molar-refractivity contribution in [2.45, 2.75) is 18.4 Å². The molecule has 0 aliphatic rings. The van der Waals surface area contributed by atoms with E-state index in [1.54, 1.807) is 54.6 Å². The van der Waals surface area contributed by atoms with Crippen LogP contribution in [0, 0.1) is 6.92 Å². The smallest absolute Gasteiger partial charge is 0.264 e. The van der Waals surface area contributed by atoms with E-state index in [1.807, 2.05) is 37.3 Å². The highest BCUT2D eigenvalue weighted by Gasteiger charge is 2.28. The lowest BCUT2D eigenvalue weighted by atomic mass is 10.2. The summed E-state index contributed by atoms with van der Waals surface area (Å²) in [4.78, 5) is 24.9. The van der Waals surface area contributed by atoms with Crippen LogP contribution in [-0.2, 0) is 26.2 Å². The molecule has 216 valence electrons. The fraction of sp³-hybridized carbons (Fsp3) is 0.129. The van der Waals surface area contributed by atoms with E-state index in [1.165, 1.54) is 24.4 Å². The third-order valence-corrected chi connectivity index (χ3v) is 8.10. The number of anilines is 1. The minimum atomic E-state index is -4.11. The molecule has 0 atom stereocenters. The monoisotopic (exact) mass is 604 g/mol. The minimum Gasteiger partial charge on any atom is -0.484 e. The highest BCUT2D eigenvalue weighted by molar-refractivity contribution is 7.92. The average molecular weight is 605 g/mol. The van der Waals surface area contributed by atoms with E-state index in [9.17, 15) is 18.0 Å². The highest BCUT2D eigenvalue weighted by atomic mass is 35.5. The van der Waals surface area contributed by atoms with Gasteiger partial charge in [-0.3, -0.25) is 13.9 Å². The Morgan fingerprint density at radius 1 is 0.881 bits per heavy atom. The van der Waals surface area contributed by atoms with E-state index >= 15 is 0 Å². The highest BCUT2D eigenvalue weighted by Crippen LogP contribution is 2.30. The topological polar surface area (TPSA) is 117 Å². The maximum atomic E-state index is 13.5. The van der Waals surface area contributed by atoms with Crippen LogP contribution in [0.5, 0.6) is 5.75 Å². The summed E-state index contributed by atoms with van der Waals surface area (Å²) >= 11 is 6.30. The molecule has 42 heavy (non-hydrogen) atoms. The van der Waals surface area contributed by atoms with Gasteiger partial charge in [0.05, 0.1) is 21.8 Å². The Bertz CT molecular complexity index is 1650. The number of amides is 2. The zero-order valence-electron chi connectivity index (χ0n) is 22.7. The Balaban J connectivity index is 1.33. The van der Waals surface area contributed by atoms with Crippen LogP contribution in [0.3, 0.4) is 0 Å². The Kier molecular flexibility index (Phi) is 10.3. The second-order valence-electron chi connectivity index (χ2n) is 9.19. The Morgan fingerprint density at radius 3 is 2.24 bits per heavy atom. The maximum absolute atomic E-state index is 13.5. The fourth-order valence-corrected chi connectivity index (χ4v) is 5.51. The van der Waals surface area contributed by atoms with E-state index < -0.39 is 22.5 Å². The number of nitrogens with zero attached hydrogens (tertiary/aromatic N) is 2. The summed E-state index contributed by atoms with van der Waals surface area (Å²) in [6.45, 7) is 1.58. The van der Waals surface area contributed by atoms with Crippen LogP contribution in [0.25, 0.3) is 0 Å². The first-order chi connectivity index (χ1) is 20.2. The summed E-state index contributed by atoms with van der Waals surface area (Å²) in [6, 6.07) is 29.0. The van der Waals surface area contributed by atoms with Gasteiger partial charge in [-0.2, -0.15) is 5.10 Å². The number of benzene rings is 4. The van der Waals surface area contributed by atoms with Gasteiger partial charge in [0.25, 0.3) is 21.8 Å². The molecule has 4 aromatic rings. The quantitative estimate of drug-likeness (QED) is 0.180. The molecule has 0 heterocycles. The van der Waals surface area contributed by atoms with Gasteiger partial charge in [-0.15, -0.1) is 0 Å². The number of halogens is 1. The molecule has 0 aromatic heterocycles. The standard InChI is InChI=1S/C31H29ClN4O5S/c1-23-11-17-27(18-12-23)42(39,40)36(29-10-6-5-9-28(29)32)21-30(37)35-34-20-25-13-15-26(16-14-25)41-22-31(38)33-19-24-7-3-2-4-8-24/h2-18,20H,19,21-22H2,1H3,(H,33,38)(H,35,37)/b34-20-. The number of sulfonamides is 1. The lowest BCUT2D eigenvalue weighted by molar-refractivity contribution is -0.123. The molecular formula is C31H29ClN4O5S. The molecule has 11 heteroatoms. The number of hydrazone groups is 1. The second-order valence-corrected chi connectivity index (χ2v) is 11.5. The van der Waals surface area contributed by atoms with Gasteiger partial charge in [-0.05, 0) is 66.6 Å². The summed E-state index contributed by atoms with van der Waals surface area (Å²) < 4.78 is 33.4. The van der Waals surface area contributed by atoms with Crippen LogP contribution < -0.4 is 19.8 Å². The molecule has 0 bridgehead atoms. The number of hydrogen-bond donors (Lipinski definition) is 2. The van der Waals surface area contributed by atoms with Crippen molar-refractivity contribution in [3.8, 4) is 5.75 Å². The number of aryl methyl sites for hydroxylation is 1. The third-order valence-electron chi connectivity index (χ3n) is 6.00. The van der Waals surface area contributed by atoms with Crippen LogP contribution in [0.1, 0.15) is 16.7 Å². The molecule has 0 aliphatic heterocycles. The molecule has 4 aromatic carbocycles. The molecule has 2 N–H and O–H groups in total. The normalized spacial score (nSPS) is 11.2. The molecule has 0 aliphatic carbocycles. The number of hydrogen-bond acceptors (Lipinski definition) is 6. The molecule has 0 radical (unpaired) electrons. The summed E-state index contributed by atoms with van der Waals surface area (Å²) in [7, 11) is -4.11. The molecule has 4 rings (SSSR count). The fourth-order valence-electron chi connectivity index (χ4n) is 3.78. The largest absolute Gasteiger partial charge is 0.484 e. The van der Waals surface area contributed by atoms with Crippen molar-refractivity contribution in [3.63, 3.8) is 0 Å². The molecular weight excluding hydrogens is 576 g/mol. The van der Waals surface area contributed by atoms with Crippen molar-refractivity contribution in [2.24, 2.45) is 5.10 Å². The van der Waals surface area contributed by atoms with Gasteiger partial charge in [-0.25, -0.2) is 13.8 Å². The van der Waals surface area contributed by atoms with E-state index in [0.29, 0.717) is 17.9 Å². The van der Waals surface area contributed by atoms with Crippen molar-refractivity contribution in [2.75, 3.05) is 17.5 Å². The van der Waals surface area contributed by atoms with Crippen molar-refractivity contribution in [1.29, 1.82) is 0 Å². The Morgan fingerprint density at radius 2 is 1.55 bits per heavy atom. The van der Waals surface area contributed by atoms with Crippen molar-refractivity contribution < 1.29 is 22.7 Å². The predicted octanol–water partition coefficient (Wildman–Crippen LogP) is 4.69. The van der Waals surface area contributed by atoms with Crippen LogP contribution in [0.2, 0.25) is 5.02 Å². The summed E-state index contributed by atoms with van der Waals surface area (Å²) in [6.07, 6.45) is 1.41. The first kappa shape index (κ1) is 30.3. The zero-order valence-corrected chi connectivity index (χ0v) is 24.3. The van der Waals surface area contributed by atoms with Gasteiger partial charge in [0, 0.05) is 6.54 Å².